The van der Waals surface area contributed by atoms with Gasteiger partial charge in [-0.1, -0.05) is 94.6 Å². The minimum Gasteiger partial charge on any atom is -0.497 e. The molecule has 9 N–H and O–H groups in total. The van der Waals surface area contributed by atoms with E-state index in [1.54, 1.807) is 74.9 Å². The number of nitrogens with two attached hydrogens (primary N) is 1. The molecule has 9 rings (SSSR count). The van der Waals surface area contributed by atoms with Gasteiger partial charge in [0.1, 0.15) is 24.6 Å². The first-order valence-corrected chi connectivity index (χ1v) is 27.3. The van der Waals surface area contributed by atoms with Crippen LogP contribution in [0.5, 0.6) is 11.5 Å². The summed E-state index contributed by atoms with van der Waals surface area (Å²) in [5.41, 5.74) is 6.06. The molecule has 82 heavy (non-hydrogen) atoms. The maximum atomic E-state index is 13.5. The standard InChI is InChI=1S/C23H23Cl2N7O4.C20H21Cl2N5O3.C4H6N2OS.C3H4N2OS.HI/c1-36-16-5-2-14(3-6-16)12-31-21(27-9-8-26-20-28-11-19(33)29-20)30-22(34)32(23(31)35)13-15-4-7-17(24)18(25)10-15;1-30-15-5-2-13(3-6-15)11-26-18(24-9-8-23)25-19(28)27(20(26)29)12-14-4-7-16(21)17(22)10-14;1-8-4-5-2-3(7)6-4;6-2-1-4-3(7)5-2;/h2-7,10H,8-9,11-13H2,1H3,(H,27,30,34)(H2,26,28,29,33);2-7,10H,8-9,11-12,23H2,1H3,(H,24,25,28);2H2,1H3,(H,5,6,7);1H2,(H2,4,5,6,7);1H. The first-order chi connectivity index (χ1) is 38.9. The fourth-order valence-corrected chi connectivity index (χ4v) is 8.42. The summed E-state index contributed by atoms with van der Waals surface area (Å²) in [6.07, 6.45) is 1.88. The average molecular weight is 1360 g/mol. The summed E-state index contributed by atoms with van der Waals surface area (Å²) < 4.78 is 15.2. The lowest BCUT2D eigenvalue weighted by Crippen LogP contribution is -2.44. The minimum atomic E-state index is -0.708. The van der Waals surface area contributed by atoms with Crippen molar-refractivity contribution in [2.45, 2.75) is 26.2 Å². The van der Waals surface area contributed by atoms with E-state index >= 15 is 0 Å². The lowest BCUT2D eigenvalue weighted by Gasteiger charge is -2.16. The van der Waals surface area contributed by atoms with Crippen molar-refractivity contribution >= 4 is 140 Å². The molecule has 0 bridgehead atoms. The van der Waals surface area contributed by atoms with Gasteiger partial charge in [0.15, 0.2) is 16.2 Å². The van der Waals surface area contributed by atoms with Crippen molar-refractivity contribution in [2.24, 2.45) is 15.7 Å². The highest BCUT2D eigenvalue weighted by atomic mass is 127. The molecule has 0 spiro atoms. The van der Waals surface area contributed by atoms with Gasteiger partial charge in [-0.25, -0.2) is 33.3 Å². The Hall–Kier alpha value is -7.06. The maximum Gasteiger partial charge on any atom is 0.355 e. The van der Waals surface area contributed by atoms with Crippen LogP contribution < -0.4 is 75.2 Å². The summed E-state index contributed by atoms with van der Waals surface area (Å²) in [5, 5.41) is 21.7. The van der Waals surface area contributed by atoms with Crippen LogP contribution in [0.2, 0.25) is 20.1 Å². The van der Waals surface area contributed by atoms with E-state index in [1.165, 1.54) is 20.9 Å². The van der Waals surface area contributed by atoms with Crippen LogP contribution in [0, 0.1) is 0 Å². The van der Waals surface area contributed by atoms with Crippen molar-refractivity contribution in [1.82, 2.24) is 54.8 Å². The largest absolute Gasteiger partial charge is 0.497 e. The number of ether oxygens (including phenoxy) is 2. The fraction of sp³-hybridized carbons (Fsp3) is 0.280. The van der Waals surface area contributed by atoms with E-state index in [4.69, 9.17) is 61.6 Å². The van der Waals surface area contributed by atoms with Crippen LogP contribution in [-0.4, -0.2) is 128 Å². The average Bonchev–Trinajstić information content (AvgIpc) is 4.33. The second-order valence-corrected chi connectivity index (χ2v) is 19.8. The number of nitrogens with zero attached hydrogens (tertiary/aromatic N) is 8. The molecule has 0 radical (unpaired) electrons. The molecule has 6 aromatic rings. The third-order valence-electron chi connectivity index (χ3n) is 11.2. The summed E-state index contributed by atoms with van der Waals surface area (Å²) in [4.78, 5) is 99.9. The zero-order valence-corrected chi connectivity index (χ0v) is 50.9. The molecule has 3 amide bonds. The zero-order valence-electron chi connectivity index (χ0n) is 43.9. The Bertz CT molecular complexity index is 3560. The molecule has 3 aliphatic heterocycles. The number of nitrogens with one attached hydrogen (secondary N) is 7. The predicted molar refractivity (Wildman–Crippen MR) is 333 cm³/mol. The predicted octanol–water partition coefficient (Wildman–Crippen LogP) is 2.94. The number of hydrogen-bond acceptors (Lipinski definition) is 19. The Morgan fingerprint density at radius 3 is 1.37 bits per heavy atom. The van der Waals surface area contributed by atoms with Gasteiger partial charge in [-0.3, -0.25) is 33.8 Å². The molecule has 0 atom stereocenters. The number of anilines is 2. The number of aromatic nitrogens is 6. The summed E-state index contributed by atoms with van der Waals surface area (Å²) in [5.74, 6) is 1.80. The Balaban J connectivity index is 0.000000239. The zero-order chi connectivity index (χ0) is 58.6. The van der Waals surface area contributed by atoms with Crippen LogP contribution in [0.1, 0.15) is 22.3 Å². The van der Waals surface area contributed by atoms with Crippen molar-refractivity contribution in [1.29, 1.82) is 0 Å². The molecule has 2 aromatic heterocycles. The Labute approximate surface area is 514 Å². The molecule has 3 aliphatic rings. The topological polar surface area (TPSA) is 318 Å². The van der Waals surface area contributed by atoms with Crippen molar-refractivity contribution in [2.75, 3.05) is 76.9 Å². The van der Waals surface area contributed by atoms with Gasteiger partial charge in [-0.2, -0.15) is 9.97 Å². The number of halogens is 5. The molecule has 0 unspecified atom stereocenters. The molecule has 436 valence electrons. The van der Waals surface area contributed by atoms with Crippen LogP contribution in [-0.2, 0) is 40.6 Å². The summed E-state index contributed by atoms with van der Waals surface area (Å²) in [6, 6.07) is 24.3. The quantitative estimate of drug-likeness (QED) is 0.0370. The molecule has 32 heteroatoms. The van der Waals surface area contributed by atoms with Gasteiger partial charge in [-0.15, -0.1) is 24.0 Å². The number of amidine groups is 1. The number of aliphatic imine (C=N–C) groups is 2. The molecule has 0 saturated carbocycles. The van der Waals surface area contributed by atoms with Crippen molar-refractivity contribution < 1.29 is 23.9 Å². The smallest absolute Gasteiger partial charge is 0.355 e. The monoisotopic (exact) mass is 1350 g/mol. The van der Waals surface area contributed by atoms with E-state index in [-0.39, 0.29) is 86.3 Å². The van der Waals surface area contributed by atoms with Crippen molar-refractivity contribution in [3.05, 3.63) is 169 Å². The molecule has 1 fully saturated rings. The number of rotatable bonds is 17. The van der Waals surface area contributed by atoms with Crippen molar-refractivity contribution in [3.8, 4) is 11.5 Å². The number of hydrogen-bond donors (Lipinski definition) is 8. The molecule has 1 saturated heterocycles. The first-order valence-electron chi connectivity index (χ1n) is 24.2. The minimum absolute atomic E-state index is 0. The van der Waals surface area contributed by atoms with Gasteiger partial charge >= 0.3 is 22.8 Å². The van der Waals surface area contributed by atoms with E-state index in [9.17, 15) is 33.6 Å². The number of thiocarbonyl (C=S) groups is 1. The third kappa shape index (κ3) is 19.6. The fourth-order valence-electron chi connectivity index (χ4n) is 7.19. The SMILES string of the molecule is COc1ccc(Cn2c(NCCN)nc(=O)n(Cc3ccc(Cl)c(Cl)c3)c2=O)cc1.COc1ccc(Cn2c(NCCNC3=NCC(=O)N3)nc(=O)n(Cc3ccc(Cl)c(Cl)c3)c2=O)cc1.CSC1=NCC(=O)N1.I.O=C1CNC(=S)N1. The normalized spacial score (nSPS) is 12.9. The highest BCUT2D eigenvalue weighted by molar-refractivity contribution is 14.0. The second-order valence-electron chi connectivity index (χ2n) is 16.9. The van der Waals surface area contributed by atoms with Gasteiger partial charge < -0.3 is 47.1 Å². The van der Waals surface area contributed by atoms with Gasteiger partial charge in [0.2, 0.25) is 29.6 Å². The number of carbonyl (C=O) groups is 3. The number of thioether (sulfide) groups is 1. The molecule has 0 aliphatic carbocycles. The van der Waals surface area contributed by atoms with Crippen LogP contribution in [0.25, 0.3) is 0 Å². The molecule has 4 aromatic carbocycles. The first kappa shape index (κ1) is 65.7. The van der Waals surface area contributed by atoms with Crippen LogP contribution >= 0.6 is 94.4 Å². The lowest BCUT2D eigenvalue weighted by molar-refractivity contribution is -0.118. The van der Waals surface area contributed by atoms with Crippen molar-refractivity contribution in [3.63, 3.8) is 0 Å². The second kappa shape index (κ2) is 32.5. The Morgan fingerprint density at radius 2 is 1.01 bits per heavy atom. The summed E-state index contributed by atoms with van der Waals surface area (Å²) >= 11 is 30.1. The molecular formula is C50H55Cl4IN16O9S2. The van der Waals surface area contributed by atoms with Gasteiger partial charge in [0, 0.05) is 26.2 Å². The van der Waals surface area contributed by atoms with Gasteiger partial charge in [0.25, 0.3) is 0 Å². The van der Waals surface area contributed by atoms with Crippen LogP contribution in [0.4, 0.5) is 11.9 Å². The summed E-state index contributed by atoms with van der Waals surface area (Å²) in [6.45, 7) is 2.44. The van der Waals surface area contributed by atoms with Crippen LogP contribution in [0.3, 0.4) is 0 Å². The van der Waals surface area contributed by atoms with Gasteiger partial charge in [0.05, 0.1) is 67.0 Å². The summed E-state index contributed by atoms with van der Waals surface area (Å²) in [7, 11) is 3.15. The van der Waals surface area contributed by atoms with Crippen LogP contribution in [0.15, 0.2) is 114 Å². The Kier molecular flexibility index (Phi) is 26.1. The number of guanidine groups is 1. The molecular weight excluding hydrogens is 1300 g/mol. The van der Waals surface area contributed by atoms with E-state index in [0.29, 0.717) is 93.1 Å². The number of amides is 3. The lowest BCUT2D eigenvalue weighted by atomic mass is 10.2. The molecule has 5 heterocycles. The number of methoxy groups -OCH3 is 2. The maximum absolute atomic E-state index is 13.5. The highest BCUT2D eigenvalue weighted by Crippen LogP contribution is 2.24. The third-order valence-corrected chi connectivity index (χ3v) is 13.5. The van der Waals surface area contributed by atoms with E-state index in [0.717, 1.165) is 25.4 Å². The Morgan fingerprint density at radius 1 is 0.573 bits per heavy atom. The van der Waals surface area contributed by atoms with E-state index in [2.05, 4.69) is 69.4 Å². The van der Waals surface area contributed by atoms with Gasteiger partial charge in [-0.05, 0) is 89.3 Å². The number of benzene rings is 4. The molecule has 25 nitrogen and oxygen atoms in total. The highest BCUT2D eigenvalue weighted by Gasteiger charge is 2.18. The number of carbonyl (C=O) groups excluding carboxylic acids is 3. The van der Waals surface area contributed by atoms with E-state index in [1.807, 2.05) is 30.5 Å². The van der Waals surface area contributed by atoms with E-state index < -0.39 is 22.8 Å².